The van der Waals surface area contributed by atoms with E-state index in [1.807, 2.05) is 0 Å². The van der Waals surface area contributed by atoms with Crippen molar-refractivity contribution in [1.29, 1.82) is 0 Å². The van der Waals surface area contributed by atoms with Gasteiger partial charge in [-0.2, -0.15) is 8.42 Å². The molecule has 1 unspecified atom stereocenters. The second-order valence-electron chi connectivity index (χ2n) is 1.83. The van der Waals surface area contributed by atoms with Crippen molar-refractivity contribution in [3.63, 3.8) is 0 Å². The normalized spacial score (nSPS) is 15.1. The highest BCUT2D eigenvalue weighted by atomic mass is 32.2. The molecule has 0 aromatic carbocycles. The second kappa shape index (κ2) is 3.90. The maximum Gasteiger partial charge on any atom is 0.267 e. The van der Waals surface area contributed by atoms with Gasteiger partial charge >= 0.3 is 0 Å². The SMILES string of the molecule is [CH2]C(CS(=O)(=O)O)OCC. The quantitative estimate of drug-likeness (QED) is 0.604. The maximum atomic E-state index is 10.2. The second-order valence-corrected chi connectivity index (χ2v) is 3.32. The van der Waals surface area contributed by atoms with Crippen LogP contribution in [0.5, 0.6) is 0 Å². The highest BCUT2D eigenvalue weighted by Crippen LogP contribution is 1.93. The molecule has 0 aliphatic rings. The van der Waals surface area contributed by atoms with Crippen LogP contribution in [0.2, 0.25) is 0 Å². The molecule has 0 saturated carbocycles. The smallest absolute Gasteiger partial charge is 0.267 e. The standard InChI is InChI=1S/C5H11O4S/c1-3-9-5(2)4-10(6,7)8/h5H,2-4H2,1H3,(H,6,7,8). The Morgan fingerprint density at radius 3 is 2.50 bits per heavy atom. The van der Waals surface area contributed by atoms with E-state index in [-0.39, 0.29) is 0 Å². The third-order valence-electron chi connectivity index (χ3n) is 0.799. The van der Waals surface area contributed by atoms with Gasteiger partial charge in [-0.1, -0.05) is 0 Å². The van der Waals surface area contributed by atoms with Crippen LogP contribution in [0, 0.1) is 6.92 Å². The molecule has 0 saturated heterocycles. The van der Waals surface area contributed by atoms with Gasteiger partial charge in [0, 0.05) is 6.61 Å². The molecule has 61 valence electrons. The lowest BCUT2D eigenvalue weighted by molar-refractivity contribution is 0.108. The van der Waals surface area contributed by atoms with Gasteiger partial charge in [-0.15, -0.1) is 0 Å². The summed E-state index contributed by atoms with van der Waals surface area (Å²) < 4.78 is 33.3. The lowest BCUT2D eigenvalue weighted by Gasteiger charge is -2.07. The first-order valence-corrected chi connectivity index (χ1v) is 4.46. The summed E-state index contributed by atoms with van der Waals surface area (Å²) in [6.45, 7) is 5.47. The monoisotopic (exact) mass is 167 g/mol. The summed E-state index contributed by atoms with van der Waals surface area (Å²) in [6.07, 6.45) is -0.681. The Morgan fingerprint density at radius 1 is 1.70 bits per heavy atom. The van der Waals surface area contributed by atoms with Gasteiger partial charge in [0.25, 0.3) is 10.1 Å². The zero-order valence-corrected chi connectivity index (χ0v) is 6.60. The fourth-order valence-corrected chi connectivity index (χ4v) is 1.08. The Kier molecular flexibility index (Phi) is 3.85. The highest BCUT2D eigenvalue weighted by molar-refractivity contribution is 7.85. The highest BCUT2D eigenvalue weighted by Gasteiger charge is 2.11. The van der Waals surface area contributed by atoms with Gasteiger partial charge in [0.2, 0.25) is 0 Å². The molecule has 0 aliphatic heterocycles. The predicted octanol–water partition coefficient (Wildman–Crippen LogP) is 0.113. The van der Waals surface area contributed by atoms with Crippen LogP contribution in [0.4, 0.5) is 0 Å². The summed E-state index contributed by atoms with van der Waals surface area (Å²) in [6, 6.07) is 0. The van der Waals surface area contributed by atoms with Crippen LogP contribution in [-0.2, 0) is 14.9 Å². The molecule has 10 heavy (non-hydrogen) atoms. The lowest BCUT2D eigenvalue weighted by Crippen LogP contribution is -2.20. The van der Waals surface area contributed by atoms with E-state index in [9.17, 15) is 8.42 Å². The predicted molar refractivity (Wildman–Crippen MR) is 37.2 cm³/mol. The van der Waals surface area contributed by atoms with Gasteiger partial charge in [0.15, 0.2) is 0 Å². The van der Waals surface area contributed by atoms with E-state index < -0.39 is 22.0 Å². The number of hydrogen-bond acceptors (Lipinski definition) is 3. The van der Waals surface area contributed by atoms with E-state index in [1.54, 1.807) is 6.92 Å². The van der Waals surface area contributed by atoms with E-state index in [4.69, 9.17) is 9.29 Å². The Hall–Kier alpha value is -0.130. The molecule has 0 amide bonds. The molecule has 4 nitrogen and oxygen atoms in total. The van der Waals surface area contributed by atoms with Crippen molar-refractivity contribution >= 4 is 10.1 Å². The summed E-state index contributed by atoms with van der Waals surface area (Å²) in [5, 5.41) is 0. The molecular formula is C5H11O4S. The molecule has 0 bridgehead atoms. The average Bonchev–Trinajstić information content (AvgIpc) is 1.59. The topological polar surface area (TPSA) is 63.6 Å². The first-order valence-electron chi connectivity index (χ1n) is 2.85. The molecule has 0 spiro atoms. The van der Waals surface area contributed by atoms with Crippen molar-refractivity contribution in [2.75, 3.05) is 12.4 Å². The third-order valence-corrected chi connectivity index (χ3v) is 1.59. The summed E-state index contributed by atoms with van der Waals surface area (Å²) in [5.74, 6) is -0.444. The average molecular weight is 167 g/mol. The zero-order valence-electron chi connectivity index (χ0n) is 5.78. The summed E-state index contributed by atoms with van der Waals surface area (Å²) in [7, 11) is -3.93. The molecule has 0 fully saturated rings. The molecule has 0 rings (SSSR count). The van der Waals surface area contributed by atoms with Gasteiger partial charge < -0.3 is 4.74 Å². The number of hydrogen-bond donors (Lipinski definition) is 1. The van der Waals surface area contributed by atoms with Crippen LogP contribution in [0.1, 0.15) is 6.92 Å². The van der Waals surface area contributed by atoms with Crippen molar-refractivity contribution in [2.24, 2.45) is 0 Å². The van der Waals surface area contributed by atoms with Gasteiger partial charge in [0.1, 0.15) is 5.75 Å². The Bertz CT molecular complexity index is 172. The first kappa shape index (κ1) is 9.87. The Balaban J connectivity index is 3.69. The minimum absolute atomic E-state index is 0.393. The van der Waals surface area contributed by atoms with Crippen LogP contribution in [0.3, 0.4) is 0 Å². The van der Waals surface area contributed by atoms with Crippen LogP contribution in [0.15, 0.2) is 0 Å². The molecule has 1 atom stereocenters. The van der Waals surface area contributed by atoms with E-state index in [0.717, 1.165) is 0 Å². The van der Waals surface area contributed by atoms with Gasteiger partial charge in [0.05, 0.1) is 6.10 Å². The number of rotatable bonds is 4. The van der Waals surface area contributed by atoms with Crippen LogP contribution < -0.4 is 0 Å². The fourth-order valence-electron chi connectivity index (χ4n) is 0.519. The third kappa shape index (κ3) is 6.00. The molecule has 1 radical (unpaired) electrons. The van der Waals surface area contributed by atoms with E-state index >= 15 is 0 Å². The van der Waals surface area contributed by atoms with Crippen LogP contribution in [0.25, 0.3) is 0 Å². The maximum absolute atomic E-state index is 10.2. The van der Waals surface area contributed by atoms with Crippen molar-refractivity contribution in [3.05, 3.63) is 6.92 Å². The minimum atomic E-state index is -3.93. The van der Waals surface area contributed by atoms with Gasteiger partial charge in [-0.05, 0) is 13.8 Å². The molecule has 0 heterocycles. The fraction of sp³-hybridized carbons (Fsp3) is 0.800. The largest absolute Gasteiger partial charge is 0.377 e. The van der Waals surface area contributed by atoms with Crippen molar-refractivity contribution in [3.8, 4) is 0 Å². The van der Waals surface area contributed by atoms with Crippen molar-refractivity contribution in [1.82, 2.24) is 0 Å². The molecule has 1 N–H and O–H groups in total. The molecule has 5 heteroatoms. The molecule has 0 aromatic rings. The first-order chi connectivity index (χ1) is 4.45. The van der Waals surface area contributed by atoms with Crippen molar-refractivity contribution < 1.29 is 17.7 Å². The van der Waals surface area contributed by atoms with E-state index in [0.29, 0.717) is 6.61 Å². The minimum Gasteiger partial charge on any atom is -0.377 e. The lowest BCUT2D eigenvalue weighted by atomic mass is 10.5. The Morgan fingerprint density at radius 2 is 2.20 bits per heavy atom. The van der Waals surface area contributed by atoms with E-state index in [1.165, 1.54) is 0 Å². The molecular weight excluding hydrogens is 156 g/mol. The summed E-state index contributed by atoms with van der Waals surface area (Å²) >= 11 is 0. The zero-order chi connectivity index (χ0) is 8.20. The van der Waals surface area contributed by atoms with Crippen molar-refractivity contribution in [2.45, 2.75) is 13.0 Å². The van der Waals surface area contributed by atoms with Crippen LogP contribution >= 0.6 is 0 Å². The summed E-state index contributed by atoms with van der Waals surface area (Å²) in [4.78, 5) is 0. The molecule has 0 aliphatic carbocycles. The van der Waals surface area contributed by atoms with E-state index in [2.05, 4.69) is 6.92 Å². The molecule has 0 aromatic heterocycles. The van der Waals surface area contributed by atoms with Gasteiger partial charge in [-0.3, -0.25) is 4.55 Å². The summed E-state index contributed by atoms with van der Waals surface area (Å²) in [5.41, 5.74) is 0. The van der Waals surface area contributed by atoms with Crippen LogP contribution in [-0.4, -0.2) is 31.4 Å². The number of ether oxygens (including phenoxy) is 1. The van der Waals surface area contributed by atoms with Gasteiger partial charge in [-0.25, -0.2) is 0 Å². The Labute approximate surface area is 60.9 Å².